The molecule has 1 amide bonds. The molecule has 0 saturated heterocycles. The zero-order valence-electron chi connectivity index (χ0n) is 11.2. The number of rotatable bonds is 2. The van der Waals surface area contributed by atoms with Crippen molar-refractivity contribution in [2.75, 3.05) is 11.9 Å². The number of hydrogen-bond donors (Lipinski definition) is 2. The lowest BCUT2D eigenvalue weighted by atomic mass is 9.90. The van der Waals surface area contributed by atoms with E-state index in [0.29, 0.717) is 17.3 Å². The number of carbonyl (C=O) groups is 1. The molecule has 21 heavy (non-hydrogen) atoms. The van der Waals surface area contributed by atoms with Gasteiger partial charge in [-0.1, -0.05) is 35.9 Å². The van der Waals surface area contributed by atoms with Crippen LogP contribution in [0, 0.1) is 0 Å². The monoisotopic (exact) mass is 364 g/mol. The Morgan fingerprint density at radius 2 is 2.10 bits per heavy atom. The normalized spacial score (nSPS) is 17.1. The Balaban J connectivity index is 1.81. The van der Waals surface area contributed by atoms with E-state index in [4.69, 9.17) is 11.6 Å². The van der Waals surface area contributed by atoms with Crippen molar-refractivity contribution in [2.24, 2.45) is 0 Å². The van der Waals surface area contributed by atoms with Crippen molar-refractivity contribution in [2.45, 2.75) is 12.5 Å². The Hall–Kier alpha value is -1.36. The molecule has 0 aromatic heterocycles. The minimum atomic E-state index is -0.183. The van der Waals surface area contributed by atoms with Gasteiger partial charge in [0.25, 0.3) is 0 Å². The Morgan fingerprint density at radius 1 is 1.29 bits per heavy atom. The van der Waals surface area contributed by atoms with Gasteiger partial charge < -0.3 is 10.6 Å². The average molecular weight is 366 g/mol. The molecule has 0 bridgehead atoms. The summed E-state index contributed by atoms with van der Waals surface area (Å²) in [5.74, 6) is -0.203. The first-order chi connectivity index (χ1) is 10.1. The first-order valence-electron chi connectivity index (χ1n) is 6.69. The molecule has 1 aliphatic rings. The van der Waals surface area contributed by atoms with Crippen LogP contribution in [0.4, 0.5) is 5.69 Å². The van der Waals surface area contributed by atoms with Gasteiger partial charge in [0.05, 0.1) is 10.9 Å². The predicted octanol–water partition coefficient (Wildman–Crippen LogP) is 3.93. The predicted molar refractivity (Wildman–Crippen MR) is 88.7 cm³/mol. The molecule has 3 nitrogen and oxygen atoms in total. The van der Waals surface area contributed by atoms with E-state index in [9.17, 15) is 4.79 Å². The molecule has 0 saturated carbocycles. The highest BCUT2D eigenvalue weighted by Crippen LogP contribution is 2.28. The third kappa shape index (κ3) is 3.12. The molecule has 1 unspecified atom stereocenters. The van der Waals surface area contributed by atoms with E-state index in [-0.39, 0.29) is 11.8 Å². The number of nitrogens with one attached hydrogen (secondary N) is 2. The van der Waals surface area contributed by atoms with Crippen LogP contribution in [0.5, 0.6) is 0 Å². The second-order valence-corrected chi connectivity index (χ2v) is 6.26. The molecule has 5 heteroatoms. The fraction of sp³-hybridized carbons (Fsp3) is 0.188. The van der Waals surface area contributed by atoms with Crippen LogP contribution in [0.1, 0.15) is 17.0 Å². The molecule has 0 radical (unpaired) electrons. The Kier molecular flexibility index (Phi) is 4.29. The second-order valence-electron chi connectivity index (χ2n) is 5.00. The van der Waals surface area contributed by atoms with Crippen molar-refractivity contribution in [3.05, 3.63) is 63.1 Å². The van der Waals surface area contributed by atoms with Gasteiger partial charge in [-0.15, -0.1) is 0 Å². The van der Waals surface area contributed by atoms with Crippen LogP contribution in [-0.2, 0) is 11.3 Å². The fourth-order valence-electron chi connectivity index (χ4n) is 2.53. The van der Waals surface area contributed by atoms with Gasteiger partial charge in [-0.3, -0.25) is 4.79 Å². The lowest BCUT2D eigenvalue weighted by molar-refractivity contribution is -0.117. The Morgan fingerprint density at radius 3 is 2.90 bits per heavy atom. The smallest absolute Gasteiger partial charge is 0.233 e. The molecule has 108 valence electrons. The minimum absolute atomic E-state index is 0.0203. The van der Waals surface area contributed by atoms with Gasteiger partial charge in [-0.05, 0) is 45.3 Å². The summed E-state index contributed by atoms with van der Waals surface area (Å²) in [6, 6.07) is 13.4. The van der Waals surface area contributed by atoms with Crippen LogP contribution < -0.4 is 10.6 Å². The average Bonchev–Trinajstić information content (AvgIpc) is 2.50. The van der Waals surface area contributed by atoms with E-state index < -0.39 is 0 Å². The van der Waals surface area contributed by atoms with Gasteiger partial charge >= 0.3 is 0 Å². The summed E-state index contributed by atoms with van der Waals surface area (Å²) in [6.07, 6.45) is 0. The molecule has 3 rings (SSSR count). The third-order valence-electron chi connectivity index (χ3n) is 3.60. The van der Waals surface area contributed by atoms with Crippen LogP contribution in [0.3, 0.4) is 0 Å². The van der Waals surface area contributed by atoms with Crippen molar-refractivity contribution in [3.8, 4) is 0 Å². The number of benzene rings is 2. The number of fused-ring (bicyclic) bond motifs is 1. The maximum absolute atomic E-state index is 12.5. The number of carbonyl (C=O) groups excluding carboxylic acids is 1. The lowest BCUT2D eigenvalue weighted by Gasteiger charge is -2.25. The maximum Gasteiger partial charge on any atom is 0.233 e. The van der Waals surface area contributed by atoms with E-state index in [0.717, 1.165) is 16.6 Å². The molecule has 2 aromatic rings. The second kappa shape index (κ2) is 6.18. The van der Waals surface area contributed by atoms with Crippen molar-refractivity contribution in [1.29, 1.82) is 0 Å². The van der Waals surface area contributed by atoms with E-state index in [2.05, 4.69) is 32.6 Å². The number of amides is 1. The number of anilines is 1. The number of halogens is 2. The zero-order chi connectivity index (χ0) is 14.8. The summed E-state index contributed by atoms with van der Waals surface area (Å²) < 4.78 is 0.812. The summed E-state index contributed by atoms with van der Waals surface area (Å²) in [5, 5.41) is 6.80. The van der Waals surface area contributed by atoms with E-state index >= 15 is 0 Å². The standard InChI is InChI=1S/C16H14BrClN2O/c17-14-6-5-11(7-15(14)18)20-16(21)13-9-19-8-10-3-1-2-4-12(10)13/h1-7,13,19H,8-9H2,(H,20,21). The van der Waals surface area contributed by atoms with Crippen molar-refractivity contribution in [1.82, 2.24) is 5.32 Å². The van der Waals surface area contributed by atoms with Crippen LogP contribution in [0.15, 0.2) is 46.9 Å². The van der Waals surface area contributed by atoms with Crippen molar-refractivity contribution >= 4 is 39.1 Å². The quantitative estimate of drug-likeness (QED) is 0.846. The van der Waals surface area contributed by atoms with Gasteiger partial charge in [-0.2, -0.15) is 0 Å². The topological polar surface area (TPSA) is 41.1 Å². The zero-order valence-corrected chi connectivity index (χ0v) is 13.5. The van der Waals surface area contributed by atoms with Gasteiger partial charge in [0.1, 0.15) is 0 Å². The van der Waals surface area contributed by atoms with Crippen LogP contribution in [0.25, 0.3) is 0 Å². The lowest BCUT2D eigenvalue weighted by Crippen LogP contribution is -2.35. The highest BCUT2D eigenvalue weighted by Gasteiger charge is 2.26. The minimum Gasteiger partial charge on any atom is -0.325 e. The largest absolute Gasteiger partial charge is 0.325 e. The Bertz CT molecular complexity index is 690. The maximum atomic E-state index is 12.5. The fourth-order valence-corrected chi connectivity index (χ4v) is 2.96. The first-order valence-corrected chi connectivity index (χ1v) is 7.86. The van der Waals surface area contributed by atoms with Gasteiger partial charge in [0.15, 0.2) is 0 Å². The van der Waals surface area contributed by atoms with Gasteiger partial charge in [-0.25, -0.2) is 0 Å². The van der Waals surface area contributed by atoms with Crippen molar-refractivity contribution < 1.29 is 4.79 Å². The summed E-state index contributed by atoms with van der Waals surface area (Å²) in [4.78, 5) is 12.5. The summed E-state index contributed by atoms with van der Waals surface area (Å²) in [7, 11) is 0. The molecular formula is C16H14BrClN2O. The highest BCUT2D eigenvalue weighted by atomic mass is 79.9. The molecule has 1 heterocycles. The first kappa shape index (κ1) is 14.6. The van der Waals surface area contributed by atoms with E-state index in [1.807, 2.05) is 30.3 Å². The third-order valence-corrected chi connectivity index (χ3v) is 4.83. The molecule has 2 aromatic carbocycles. The SMILES string of the molecule is O=C(Nc1ccc(Br)c(Cl)c1)C1CNCc2ccccc21. The molecule has 0 spiro atoms. The number of hydrogen-bond acceptors (Lipinski definition) is 2. The molecule has 2 N–H and O–H groups in total. The molecule has 0 fully saturated rings. The molecule has 0 aliphatic carbocycles. The highest BCUT2D eigenvalue weighted by molar-refractivity contribution is 9.10. The van der Waals surface area contributed by atoms with E-state index in [1.54, 1.807) is 6.07 Å². The van der Waals surface area contributed by atoms with Gasteiger partial charge in [0.2, 0.25) is 5.91 Å². The van der Waals surface area contributed by atoms with Crippen LogP contribution >= 0.6 is 27.5 Å². The van der Waals surface area contributed by atoms with Crippen LogP contribution in [0.2, 0.25) is 5.02 Å². The van der Waals surface area contributed by atoms with E-state index in [1.165, 1.54) is 5.56 Å². The summed E-state index contributed by atoms with van der Waals surface area (Å²) in [6.45, 7) is 1.46. The van der Waals surface area contributed by atoms with Gasteiger partial charge in [0, 0.05) is 23.2 Å². The molecule has 1 aliphatic heterocycles. The summed E-state index contributed by atoms with van der Waals surface area (Å²) >= 11 is 9.39. The Labute approximate surface area is 136 Å². The summed E-state index contributed by atoms with van der Waals surface area (Å²) in [5.41, 5.74) is 2.98. The van der Waals surface area contributed by atoms with Crippen LogP contribution in [-0.4, -0.2) is 12.5 Å². The molecule has 1 atom stereocenters. The van der Waals surface area contributed by atoms with Crippen molar-refractivity contribution in [3.63, 3.8) is 0 Å². The molecular weight excluding hydrogens is 352 g/mol.